The zero-order valence-electron chi connectivity index (χ0n) is 35.7. The molecular weight excluding hydrogens is 801 g/mol. The molecule has 4 nitrogen and oxygen atoms in total. The summed E-state index contributed by atoms with van der Waals surface area (Å²) >= 11 is 0. The predicted molar refractivity (Wildman–Crippen MR) is 273 cm³/mol. The Morgan fingerprint density at radius 3 is 1.55 bits per heavy atom. The molecule has 12 rings (SSSR count). The van der Waals surface area contributed by atoms with Gasteiger partial charge >= 0.3 is 0 Å². The van der Waals surface area contributed by atoms with Gasteiger partial charge in [-0.2, -0.15) is 5.26 Å². The van der Waals surface area contributed by atoms with Crippen LogP contribution >= 0.6 is 0 Å². The van der Waals surface area contributed by atoms with Crippen molar-refractivity contribution in [3.8, 4) is 84.7 Å². The van der Waals surface area contributed by atoms with Crippen LogP contribution in [0.4, 0.5) is 0 Å². The van der Waals surface area contributed by atoms with Crippen LogP contribution < -0.4 is 0 Å². The fourth-order valence-electron chi connectivity index (χ4n) is 9.40. The van der Waals surface area contributed by atoms with Gasteiger partial charge in [0.1, 0.15) is 0 Å². The van der Waals surface area contributed by atoms with Crippen molar-refractivity contribution in [1.82, 2.24) is 15.0 Å². The van der Waals surface area contributed by atoms with E-state index >= 15 is 0 Å². The third-order valence-corrected chi connectivity index (χ3v) is 12.7. The van der Waals surface area contributed by atoms with Gasteiger partial charge in [0.2, 0.25) is 0 Å². The number of rotatable bonds is 7. The van der Waals surface area contributed by atoms with Crippen LogP contribution in [-0.4, -0.2) is 15.0 Å². The van der Waals surface area contributed by atoms with Crippen LogP contribution in [0.5, 0.6) is 0 Å². The fourth-order valence-corrected chi connectivity index (χ4v) is 9.40. The van der Waals surface area contributed by atoms with Gasteiger partial charge < -0.3 is 0 Å². The third kappa shape index (κ3) is 7.02. The number of fused-ring (bicyclic) bond motifs is 5. The Bertz CT molecular complexity index is 3870. The van der Waals surface area contributed by atoms with Gasteiger partial charge in [0.05, 0.1) is 11.6 Å². The fraction of sp³-hybridized carbons (Fsp3) is 0. The smallest absolute Gasteiger partial charge is 0.164 e. The Morgan fingerprint density at radius 1 is 0.273 bits per heavy atom. The van der Waals surface area contributed by atoms with E-state index in [-0.39, 0.29) is 0 Å². The summed E-state index contributed by atoms with van der Waals surface area (Å²) in [5.74, 6) is 1.77. The molecule has 0 fully saturated rings. The lowest BCUT2D eigenvalue weighted by atomic mass is 9.89. The van der Waals surface area contributed by atoms with E-state index in [0.29, 0.717) is 23.0 Å². The van der Waals surface area contributed by atoms with E-state index in [1.807, 2.05) is 48.5 Å². The van der Waals surface area contributed by atoms with Crippen molar-refractivity contribution in [1.29, 1.82) is 5.26 Å². The summed E-state index contributed by atoms with van der Waals surface area (Å²) in [6.45, 7) is 0. The lowest BCUT2D eigenvalue weighted by Gasteiger charge is -2.15. The van der Waals surface area contributed by atoms with Gasteiger partial charge in [-0.15, -0.1) is 0 Å². The summed E-state index contributed by atoms with van der Waals surface area (Å²) in [7, 11) is 0. The van der Waals surface area contributed by atoms with Crippen LogP contribution in [0.25, 0.3) is 122 Å². The minimum absolute atomic E-state index is 0.581. The maximum Gasteiger partial charge on any atom is 0.164 e. The number of benzene rings is 11. The second-order valence-corrected chi connectivity index (χ2v) is 16.7. The highest BCUT2D eigenvalue weighted by atomic mass is 15.0. The summed E-state index contributed by atoms with van der Waals surface area (Å²) in [5, 5.41) is 19.2. The number of nitriles is 1. The molecule has 0 spiro atoms. The van der Waals surface area contributed by atoms with Gasteiger partial charge in [-0.3, -0.25) is 0 Å². The van der Waals surface area contributed by atoms with Crippen LogP contribution in [0, 0.1) is 11.3 Å². The molecule has 0 bridgehead atoms. The van der Waals surface area contributed by atoms with E-state index in [9.17, 15) is 5.26 Å². The van der Waals surface area contributed by atoms with Crippen molar-refractivity contribution in [3.05, 3.63) is 236 Å². The van der Waals surface area contributed by atoms with Crippen LogP contribution in [-0.2, 0) is 0 Å². The molecule has 0 aliphatic rings. The molecule has 1 aromatic heterocycles. The summed E-state index contributed by atoms with van der Waals surface area (Å²) in [6, 6.07) is 83.1. The molecule has 11 aromatic carbocycles. The molecule has 4 heteroatoms. The SMILES string of the molecule is N#Cc1ccc(-c2cccc(-c3nc(-c4ccc5cc(-c6ccc(-c7c8ccccc8cc8c7ccc7ccccc78)cc6)ccc5c4)nc(-c4ccccc4-c4ccccc4)n3)c2)cc1. The Hall–Kier alpha value is -9.04. The van der Waals surface area contributed by atoms with Gasteiger partial charge in [-0.1, -0.05) is 194 Å². The minimum Gasteiger partial charge on any atom is -0.208 e. The first-order valence-corrected chi connectivity index (χ1v) is 22.1. The normalized spacial score (nSPS) is 11.3. The largest absolute Gasteiger partial charge is 0.208 e. The van der Waals surface area contributed by atoms with Crippen LogP contribution in [0.2, 0.25) is 0 Å². The quantitative estimate of drug-likeness (QED) is 0.118. The molecular formula is C62H38N4. The van der Waals surface area contributed by atoms with Crippen molar-refractivity contribution in [2.75, 3.05) is 0 Å². The summed E-state index contributed by atoms with van der Waals surface area (Å²) in [5.41, 5.74) is 12.3. The monoisotopic (exact) mass is 838 g/mol. The summed E-state index contributed by atoms with van der Waals surface area (Å²) in [6.07, 6.45) is 0. The van der Waals surface area contributed by atoms with Crippen molar-refractivity contribution in [2.24, 2.45) is 0 Å². The second-order valence-electron chi connectivity index (χ2n) is 16.7. The first-order valence-electron chi connectivity index (χ1n) is 22.1. The van der Waals surface area contributed by atoms with Crippen molar-refractivity contribution in [3.63, 3.8) is 0 Å². The second kappa shape index (κ2) is 16.3. The van der Waals surface area contributed by atoms with Gasteiger partial charge in [0.15, 0.2) is 17.5 Å². The molecule has 0 N–H and O–H groups in total. The topological polar surface area (TPSA) is 62.5 Å². The molecule has 1 heterocycles. The van der Waals surface area contributed by atoms with Crippen LogP contribution in [0.1, 0.15) is 5.56 Å². The molecule has 0 radical (unpaired) electrons. The van der Waals surface area contributed by atoms with Gasteiger partial charge in [-0.05, 0) is 124 Å². The highest BCUT2D eigenvalue weighted by Gasteiger charge is 2.17. The van der Waals surface area contributed by atoms with E-state index in [1.165, 1.54) is 43.4 Å². The molecule has 0 aliphatic carbocycles. The highest BCUT2D eigenvalue weighted by Crippen LogP contribution is 2.41. The lowest BCUT2D eigenvalue weighted by Crippen LogP contribution is -2.01. The number of nitrogens with zero attached hydrogens (tertiary/aromatic N) is 4. The summed E-state index contributed by atoms with van der Waals surface area (Å²) < 4.78 is 0. The zero-order valence-corrected chi connectivity index (χ0v) is 35.7. The Balaban J connectivity index is 0.924. The first-order chi connectivity index (χ1) is 32.6. The van der Waals surface area contributed by atoms with E-state index in [4.69, 9.17) is 15.0 Å². The van der Waals surface area contributed by atoms with Gasteiger partial charge in [-0.25, -0.2) is 15.0 Å². The standard InChI is InChI=1S/C62H38N4/c63-39-40-21-23-41(24-22-40)46-15-10-16-51(36-46)60-64-61(66-62(65-60)57-20-9-8-17-53(57)43-11-2-1-3-12-43)52-32-31-48-35-47(29-30-49(48)37-52)42-25-27-45(28-26-42)59-55-19-7-5-14-50(55)38-58-54-18-6-4-13-44(54)33-34-56(58)59/h1-38H. The molecule has 0 amide bonds. The van der Waals surface area contributed by atoms with E-state index in [1.54, 1.807) is 0 Å². The minimum atomic E-state index is 0.581. The molecule has 0 aliphatic heterocycles. The Morgan fingerprint density at radius 2 is 0.788 bits per heavy atom. The number of hydrogen-bond donors (Lipinski definition) is 0. The summed E-state index contributed by atoms with van der Waals surface area (Å²) in [4.78, 5) is 15.5. The van der Waals surface area contributed by atoms with E-state index in [2.05, 4.69) is 188 Å². The van der Waals surface area contributed by atoms with Gasteiger partial charge in [0, 0.05) is 16.7 Å². The molecule has 0 saturated heterocycles. The third-order valence-electron chi connectivity index (χ3n) is 12.7. The van der Waals surface area contributed by atoms with Crippen LogP contribution in [0.15, 0.2) is 231 Å². The number of aromatic nitrogens is 3. The maximum absolute atomic E-state index is 9.38. The average molecular weight is 839 g/mol. The highest BCUT2D eigenvalue weighted by molar-refractivity contribution is 6.20. The Labute approximate surface area is 382 Å². The average Bonchev–Trinajstić information content (AvgIpc) is 3.40. The molecule has 0 saturated carbocycles. The van der Waals surface area contributed by atoms with Crippen molar-refractivity contribution < 1.29 is 0 Å². The van der Waals surface area contributed by atoms with Crippen LogP contribution in [0.3, 0.4) is 0 Å². The first kappa shape index (κ1) is 38.6. The predicted octanol–water partition coefficient (Wildman–Crippen LogP) is 16.0. The number of hydrogen-bond acceptors (Lipinski definition) is 4. The molecule has 12 aromatic rings. The van der Waals surface area contributed by atoms with Gasteiger partial charge in [0.25, 0.3) is 0 Å². The molecule has 66 heavy (non-hydrogen) atoms. The zero-order chi connectivity index (χ0) is 44.0. The molecule has 306 valence electrons. The molecule has 0 atom stereocenters. The Kier molecular flexibility index (Phi) is 9.51. The van der Waals surface area contributed by atoms with Crippen molar-refractivity contribution >= 4 is 43.1 Å². The van der Waals surface area contributed by atoms with E-state index < -0.39 is 0 Å². The molecule has 0 unspecified atom stereocenters. The van der Waals surface area contributed by atoms with E-state index in [0.717, 1.165) is 60.8 Å². The lowest BCUT2D eigenvalue weighted by molar-refractivity contribution is 1.07. The van der Waals surface area contributed by atoms with Crippen molar-refractivity contribution in [2.45, 2.75) is 0 Å². The maximum atomic E-state index is 9.38.